The summed E-state index contributed by atoms with van der Waals surface area (Å²) in [5.41, 5.74) is 7.03. The molecule has 0 fully saturated rings. The van der Waals surface area contributed by atoms with Crippen molar-refractivity contribution in [3.05, 3.63) is 35.7 Å². The number of nitrogens with two attached hydrogens (primary N) is 1. The first-order valence-electron chi connectivity index (χ1n) is 4.53. The van der Waals surface area contributed by atoms with E-state index >= 15 is 0 Å². The molecule has 2 aromatic rings. The molecule has 82 valence electrons. The van der Waals surface area contributed by atoms with E-state index in [9.17, 15) is 4.79 Å². The molecule has 1 heterocycles. The zero-order valence-corrected chi connectivity index (χ0v) is 8.24. The van der Waals surface area contributed by atoms with Crippen LogP contribution < -0.4 is 5.73 Å². The number of tetrazole rings is 1. The van der Waals surface area contributed by atoms with E-state index in [0.717, 1.165) is 10.4 Å². The summed E-state index contributed by atoms with van der Waals surface area (Å²) in [4.78, 5) is 11.7. The number of aromatic carboxylic acids is 1. The van der Waals surface area contributed by atoms with Gasteiger partial charge in [0.05, 0.1) is 5.69 Å². The summed E-state index contributed by atoms with van der Waals surface area (Å²) in [6.07, 6.45) is 0. The van der Waals surface area contributed by atoms with Crippen LogP contribution in [0.2, 0.25) is 0 Å². The van der Waals surface area contributed by atoms with Crippen molar-refractivity contribution in [2.75, 3.05) is 0 Å². The smallest absolute Gasteiger partial charge is 0.377 e. The van der Waals surface area contributed by atoms with Gasteiger partial charge in [-0.3, -0.25) is 0 Å². The van der Waals surface area contributed by atoms with E-state index in [2.05, 4.69) is 15.4 Å². The van der Waals surface area contributed by atoms with Gasteiger partial charge in [-0.25, -0.2) is 4.79 Å². The van der Waals surface area contributed by atoms with Crippen LogP contribution in [0.4, 0.5) is 0 Å². The first-order chi connectivity index (χ1) is 7.70. The highest BCUT2D eigenvalue weighted by molar-refractivity contribution is 5.82. The number of benzene rings is 1. The summed E-state index contributed by atoms with van der Waals surface area (Å²) in [5.74, 6) is -1.54. The largest absolute Gasteiger partial charge is 0.475 e. The van der Waals surface area contributed by atoms with Gasteiger partial charge in [0.1, 0.15) is 0 Å². The van der Waals surface area contributed by atoms with E-state index in [0.29, 0.717) is 12.2 Å². The third-order valence-electron chi connectivity index (χ3n) is 1.98. The molecule has 0 radical (unpaired) electrons. The maximum absolute atomic E-state index is 10.6. The van der Waals surface area contributed by atoms with Crippen LogP contribution in [0, 0.1) is 0 Å². The monoisotopic (exact) mass is 219 g/mol. The van der Waals surface area contributed by atoms with Crippen LogP contribution in [0.3, 0.4) is 0 Å². The van der Waals surface area contributed by atoms with Gasteiger partial charge in [0.15, 0.2) is 0 Å². The Kier molecular flexibility index (Phi) is 2.61. The molecule has 0 unspecified atom stereocenters. The minimum absolute atomic E-state index is 0.335. The highest BCUT2D eigenvalue weighted by Crippen LogP contribution is 2.07. The summed E-state index contributed by atoms with van der Waals surface area (Å²) >= 11 is 0. The maximum Gasteiger partial charge on any atom is 0.377 e. The molecule has 7 heteroatoms. The lowest BCUT2D eigenvalue weighted by Crippen LogP contribution is -2.04. The van der Waals surface area contributed by atoms with E-state index in [1.54, 1.807) is 18.2 Å². The fraction of sp³-hybridized carbons (Fsp3) is 0.111. The van der Waals surface area contributed by atoms with Gasteiger partial charge in [-0.15, -0.1) is 15.0 Å². The van der Waals surface area contributed by atoms with Crippen LogP contribution in [0.25, 0.3) is 5.69 Å². The molecule has 0 amide bonds. The van der Waals surface area contributed by atoms with Crippen molar-refractivity contribution < 1.29 is 9.90 Å². The molecule has 16 heavy (non-hydrogen) atoms. The first kappa shape index (κ1) is 10.2. The summed E-state index contributed by atoms with van der Waals surface area (Å²) in [7, 11) is 0. The van der Waals surface area contributed by atoms with Gasteiger partial charge in [0.25, 0.3) is 5.82 Å². The number of carboxylic acids is 1. The van der Waals surface area contributed by atoms with Gasteiger partial charge in [-0.2, -0.15) is 0 Å². The predicted octanol–water partition coefficient (Wildman–Crippen LogP) is -0.181. The lowest BCUT2D eigenvalue weighted by molar-refractivity contribution is 0.0683. The van der Waals surface area contributed by atoms with Crippen molar-refractivity contribution in [3.63, 3.8) is 0 Å². The topological polar surface area (TPSA) is 107 Å². The van der Waals surface area contributed by atoms with Crippen LogP contribution in [0.5, 0.6) is 0 Å². The number of aromatic nitrogens is 4. The molecule has 0 aliphatic heterocycles. The lowest BCUT2D eigenvalue weighted by Gasteiger charge is -2.00. The average molecular weight is 219 g/mol. The van der Waals surface area contributed by atoms with E-state index in [1.165, 1.54) is 0 Å². The highest BCUT2D eigenvalue weighted by Gasteiger charge is 2.11. The Labute approximate surface area is 90.5 Å². The van der Waals surface area contributed by atoms with Gasteiger partial charge >= 0.3 is 5.97 Å². The summed E-state index contributed by atoms with van der Waals surface area (Å²) in [5, 5.41) is 19.4. The molecule has 0 atom stereocenters. The highest BCUT2D eigenvalue weighted by atomic mass is 16.4. The SMILES string of the molecule is NCc1cccc(-n2nnc(C(=O)O)n2)c1. The molecular weight excluding hydrogens is 210 g/mol. The van der Waals surface area contributed by atoms with Crippen LogP contribution in [0.15, 0.2) is 24.3 Å². The fourth-order valence-electron chi connectivity index (χ4n) is 1.22. The van der Waals surface area contributed by atoms with Gasteiger partial charge in [-0.05, 0) is 22.9 Å². The second-order valence-electron chi connectivity index (χ2n) is 3.08. The van der Waals surface area contributed by atoms with Crippen LogP contribution in [-0.2, 0) is 6.54 Å². The minimum atomic E-state index is -1.21. The zero-order chi connectivity index (χ0) is 11.5. The molecule has 0 saturated heterocycles. The molecule has 0 aliphatic rings. The molecule has 0 spiro atoms. The van der Waals surface area contributed by atoms with Crippen molar-refractivity contribution in [2.45, 2.75) is 6.54 Å². The van der Waals surface area contributed by atoms with Crippen LogP contribution in [0.1, 0.15) is 16.2 Å². The molecule has 1 aromatic carbocycles. The molecule has 1 aromatic heterocycles. The van der Waals surface area contributed by atoms with Gasteiger partial charge in [0.2, 0.25) is 0 Å². The molecule has 2 rings (SSSR count). The van der Waals surface area contributed by atoms with E-state index in [-0.39, 0.29) is 5.82 Å². The molecule has 0 bridgehead atoms. The molecule has 7 nitrogen and oxygen atoms in total. The van der Waals surface area contributed by atoms with Crippen molar-refractivity contribution >= 4 is 5.97 Å². The molecule has 3 N–H and O–H groups in total. The molecule has 0 saturated carbocycles. The zero-order valence-electron chi connectivity index (χ0n) is 8.24. The van der Waals surface area contributed by atoms with Crippen LogP contribution in [-0.4, -0.2) is 31.3 Å². The Morgan fingerprint density at radius 3 is 2.94 bits per heavy atom. The first-order valence-corrected chi connectivity index (χ1v) is 4.53. The standard InChI is InChI=1S/C9H9N5O2/c10-5-6-2-1-3-7(4-6)14-12-8(9(15)16)11-13-14/h1-4H,5,10H2,(H,15,16). The number of rotatable bonds is 3. The summed E-state index contributed by atoms with van der Waals surface area (Å²) in [6.45, 7) is 0.397. The Hall–Kier alpha value is -2.28. The second kappa shape index (κ2) is 4.07. The summed E-state index contributed by atoms with van der Waals surface area (Å²) < 4.78 is 0. The number of hydrogen-bond donors (Lipinski definition) is 2. The number of carbonyl (C=O) groups is 1. The Balaban J connectivity index is 2.38. The van der Waals surface area contributed by atoms with Gasteiger partial charge in [-0.1, -0.05) is 12.1 Å². The molecular formula is C9H9N5O2. The summed E-state index contributed by atoms with van der Waals surface area (Å²) in [6, 6.07) is 7.17. The van der Waals surface area contributed by atoms with Crippen LogP contribution >= 0.6 is 0 Å². The fourth-order valence-corrected chi connectivity index (χ4v) is 1.22. The number of carboxylic acid groups (broad SMARTS) is 1. The predicted molar refractivity (Wildman–Crippen MR) is 54.0 cm³/mol. The van der Waals surface area contributed by atoms with E-state index in [1.807, 2.05) is 6.07 Å². The van der Waals surface area contributed by atoms with Gasteiger partial charge < -0.3 is 10.8 Å². The molecule has 0 aliphatic carbocycles. The van der Waals surface area contributed by atoms with Crippen molar-refractivity contribution in [1.82, 2.24) is 20.2 Å². The van der Waals surface area contributed by atoms with Crippen molar-refractivity contribution in [2.24, 2.45) is 5.73 Å². The normalized spacial score (nSPS) is 10.3. The second-order valence-corrected chi connectivity index (χ2v) is 3.08. The lowest BCUT2D eigenvalue weighted by atomic mass is 10.2. The third-order valence-corrected chi connectivity index (χ3v) is 1.98. The third kappa shape index (κ3) is 1.89. The van der Waals surface area contributed by atoms with Crippen molar-refractivity contribution in [1.29, 1.82) is 0 Å². The van der Waals surface area contributed by atoms with Gasteiger partial charge in [0, 0.05) is 6.54 Å². The quantitative estimate of drug-likeness (QED) is 0.741. The van der Waals surface area contributed by atoms with E-state index in [4.69, 9.17) is 10.8 Å². The van der Waals surface area contributed by atoms with E-state index < -0.39 is 5.97 Å². The average Bonchev–Trinajstić information content (AvgIpc) is 2.78. The van der Waals surface area contributed by atoms with Crippen molar-refractivity contribution in [3.8, 4) is 5.69 Å². The number of hydrogen-bond acceptors (Lipinski definition) is 5. The minimum Gasteiger partial charge on any atom is -0.475 e. The Morgan fingerprint density at radius 2 is 2.31 bits per heavy atom. The maximum atomic E-state index is 10.6. The Bertz CT molecular complexity index is 522. The number of nitrogens with zero attached hydrogens (tertiary/aromatic N) is 4. The Morgan fingerprint density at radius 1 is 1.50 bits per heavy atom.